The van der Waals surface area contributed by atoms with Gasteiger partial charge in [-0.3, -0.25) is 0 Å². The molecule has 0 heterocycles. The Labute approximate surface area is 98.2 Å². The molecule has 5 nitrogen and oxygen atoms in total. The minimum Gasteiger partial charge on any atom is -0.326 e. The quantitative estimate of drug-likeness (QED) is 0.761. The molecule has 0 saturated heterocycles. The van der Waals surface area contributed by atoms with Crippen molar-refractivity contribution in [2.45, 2.75) is 11.4 Å². The number of hydrogen-bond donors (Lipinski definition) is 2. The zero-order chi connectivity index (χ0) is 13.2. The molecule has 0 fully saturated rings. The topological polar surface area (TPSA) is 75.4 Å². The Bertz CT molecular complexity index is 517. The first-order valence-corrected chi connectivity index (χ1v) is 6.14. The van der Waals surface area contributed by atoms with Gasteiger partial charge >= 0.3 is 0 Å². The number of nitrogens with zero attached hydrogens (tertiary/aromatic N) is 1. The normalized spacial score (nSPS) is 12.1. The zero-order valence-electron chi connectivity index (χ0n) is 9.37. The summed E-state index contributed by atoms with van der Waals surface area (Å²) in [6.07, 6.45) is 0. The highest BCUT2D eigenvalue weighted by Gasteiger charge is 2.23. The summed E-state index contributed by atoms with van der Waals surface area (Å²) in [4.78, 5) is 1.26. The predicted octanol–water partition coefficient (Wildman–Crippen LogP) is 0.178. The van der Waals surface area contributed by atoms with Gasteiger partial charge in [0.2, 0.25) is 0 Å². The third-order valence-corrected chi connectivity index (χ3v) is 3.36. The smallest absolute Gasteiger partial charge is 0.256 e. The molecule has 0 unspecified atom stereocenters. The van der Waals surface area contributed by atoms with E-state index in [4.69, 9.17) is 5.73 Å². The molecule has 0 amide bonds. The van der Waals surface area contributed by atoms with Crippen LogP contribution in [-0.4, -0.2) is 27.5 Å². The van der Waals surface area contributed by atoms with Crippen molar-refractivity contribution in [2.75, 3.05) is 14.1 Å². The van der Waals surface area contributed by atoms with Crippen LogP contribution in [0.4, 0.5) is 8.78 Å². The highest BCUT2D eigenvalue weighted by Crippen LogP contribution is 2.19. The van der Waals surface area contributed by atoms with Gasteiger partial charge in [-0.15, -0.1) is 4.83 Å². The number of hydrogen-bond acceptors (Lipinski definition) is 4. The molecule has 0 saturated carbocycles. The van der Waals surface area contributed by atoms with E-state index in [1.807, 2.05) is 4.83 Å². The number of nitrogens with one attached hydrogen (secondary N) is 1. The molecular formula is C9H13F2N3O2S. The summed E-state index contributed by atoms with van der Waals surface area (Å²) >= 11 is 0. The maximum Gasteiger partial charge on any atom is 0.256 e. The molecule has 8 heteroatoms. The fourth-order valence-electron chi connectivity index (χ4n) is 1.22. The van der Waals surface area contributed by atoms with Crippen LogP contribution in [0.2, 0.25) is 0 Å². The zero-order valence-corrected chi connectivity index (χ0v) is 10.2. The Kier molecular flexibility index (Phi) is 4.15. The Balaban J connectivity index is 3.35. The number of benzene rings is 1. The van der Waals surface area contributed by atoms with E-state index >= 15 is 0 Å². The largest absolute Gasteiger partial charge is 0.326 e. The van der Waals surface area contributed by atoms with Crippen LogP contribution in [0.3, 0.4) is 0 Å². The van der Waals surface area contributed by atoms with Crippen LogP contribution < -0.4 is 10.6 Å². The second-order valence-electron chi connectivity index (χ2n) is 3.58. The summed E-state index contributed by atoms with van der Waals surface area (Å²) in [5.74, 6) is -2.66. The minimum atomic E-state index is -4.14. The summed E-state index contributed by atoms with van der Waals surface area (Å²) in [5, 5.41) is 1.11. The van der Waals surface area contributed by atoms with Crippen molar-refractivity contribution in [1.29, 1.82) is 0 Å². The monoisotopic (exact) mass is 265 g/mol. The summed E-state index contributed by atoms with van der Waals surface area (Å²) < 4.78 is 49.9. The van der Waals surface area contributed by atoms with Crippen molar-refractivity contribution >= 4 is 10.0 Å². The lowest BCUT2D eigenvalue weighted by atomic mass is 10.2. The first-order chi connectivity index (χ1) is 7.77. The first kappa shape index (κ1) is 14.0. The average molecular weight is 265 g/mol. The molecule has 17 heavy (non-hydrogen) atoms. The predicted molar refractivity (Wildman–Crippen MR) is 58.3 cm³/mol. The van der Waals surface area contributed by atoms with Crippen molar-refractivity contribution in [3.05, 3.63) is 29.3 Å². The molecule has 3 N–H and O–H groups in total. The van der Waals surface area contributed by atoms with Crippen LogP contribution in [0.5, 0.6) is 0 Å². The second kappa shape index (κ2) is 5.05. The lowest BCUT2D eigenvalue weighted by molar-refractivity contribution is 0.362. The standard InChI is InChI=1S/C9H13F2N3O2S/c1-14(2)13-17(15,16)8-4-6(5-12)3-7(10)9(8)11/h3-4,13H,5,12H2,1-2H3. The van der Waals surface area contributed by atoms with Crippen molar-refractivity contribution in [1.82, 2.24) is 9.84 Å². The SMILES string of the molecule is CN(C)NS(=O)(=O)c1cc(CN)cc(F)c1F. The van der Waals surface area contributed by atoms with Crippen LogP contribution in [0.15, 0.2) is 17.0 Å². The summed E-state index contributed by atoms with van der Waals surface area (Å²) in [6.45, 7) is -0.0817. The fourth-order valence-corrected chi connectivity index (χ4v) is 2.44. The van der Waals surface area contributed by atoms with Gasteiger partial charge in [0, 0.05) is 20.6 Å². The number of halogens is 2. The second-order valence-corrected chi connectivity index (χ2v) is 5.21. The summed E-state index contributed by atoms with van der Waals surface area (Å²) in [5.41, 5.74) is 5.46. The van der Waals surface area contributed by atoms with Crippen molar-refractivity contribution in [3.8, 4) is 0 Å². The van der Waals surface area contributed by atoms with Crippen molar-refractivity contribution in [2.24, 2.45) is 5.73 Å². The molecule has 0 radical (unpaired) electrons. The van der Waals surface area contributed by atoms with E-state index in [9.17, 15) is 17.2 Å². The van der Waals surface area contributed by atoms with Crippen LogP contribution >= 0.6 is 0 Å². The third-order valence-electron chi connectivity index (χ3n) is 1.88. The van der Waals surface area contributed by atoms with Crippen LogP contribution in [0, 0.1) is 11.6 Å². The minimum absolute atomic E-state index is 0.0817. The van der Waals surface area contributed by atoms with E-state index in [1.54, 1.807) is 0 Å². The molecule has 96 valence electrons. The van der Waals surface area contributed by atoms with E-state index in [0.29, 0.717) is 0 Å². The summed E-state index contributed by atoms with van der Waals surface area (Å²) in [7, 11) is -1.31. The van der Waals surface area contributed by atoms with E-state index in [2.05, 4.69) is 0 Å². The molecule has 0 aliphatic rings. The molecule has 0 aliphatic heterocycles. The van der Waals surface area contributed by atoms with Gasteiger partial charge in [-0.25, -0.2) is 22.2 Å². The van der Waals surface area contributed by atoms with E-state index in [1.165, 1.54) is 14.1 Å². The highest BCUT2D eigenvalue weighted by molar-refractivity contribution is 7.89. The van der Waals surface area contributed by atoms with Gasteiger partial charge in [0.25, 0.3) is 10.0 Å². The van der Waals surface area contributed by atoms with Gasteiger partial charge in [0.05, 0.1) is 0 Å². The molecular weight excluding hydrogens is 252 g/mol. The number of sulfonamides is 1. The van der Waals surface area contributed by atoms with E-state index < -0.39 is 26.6 Å². The van der Waals surface area contributed by atoms with Gasteiger partial charge in [-0.2, -0.15) is 0 Å². The van der Waals surface area contributed by atoms with Gasteiger partial charge in [0.15, 0.2) is 11.6 Å². The third kappa shape index (κ3) is 3.19. The van der Waals surface area contributed by atoms with Gasteiger partial charge in [-0.1, -0.05) is 0 Å². The number of nitrogens with two attached hydrogens (primary N) is 1. The van der Waals surface area contributed by atoms with Crippen LogP contribution in [-0.2, 0) is 16.6 Å². The van der Waals surface area contributed by atoms with Crippen LogP contribution in [0.25, 0.3) is 0 Å². The van der Waals surface area contributed by atoms with Crippen LogP contribution in [0.1, 0.15) is 5.56 Å². The number of hydrazine groups is 1. The Hall–Kier alpha value is -1.09. The van der Waals surface area contributed by atoms with Gasteiger partial charge < -0.3 is 5.73 Å². The molecule has 1 aromatic carbocycles. The molecule has 0 atom stereocenters. The Morgan fingerprint density at radius 2 is 1.94 bits per heavy atom. The van der Waals surface area contributed by atoms with E-state index in [0.717, 1.165) is 17.1 Å². The molecule has 0 bridgehead atoms. The Morgan fingerprint density at radius 3 is 2.41 bits per heavy atom. The molecule has 1 rings (SSSR count). The van der Waals surface area contributed by atoms with Crippen molar-refractivity contribution in [3.63, 3.8) is 0 Å². The highest BCUT2D eigenvalue weighted by atomic mass is 32.2. The molecule has 1 aromatic rings. The maximum atomic E-state index is 13.4. The Morgan fingerprint density at radius 1 is 1.35 bits per heavy atom. The van der Waals surface area contributed by atoms with Gasteiger partial charge in [-0.05, 0) is 17.7 Å². The fraction of sp³-hybridized carbons (Fsp3) is 0.333. The molecule has 0 aromatic heterocycles. The summed E-state index contributed by atoms with van der Waals surface area (Å²) in [6, 6.07) is 1.87. The molecule has 0 aliphatic carbocycles. The van der Waals surface area contributed by atoms with Crippen molar-refractivity contribution < 1.29 is 17.2 Å². The molecule has 0 spiro atoms. The lowest BCUT2D eigenvalue weighted by Gasteiger charge is -2.14. The van der Waals surface area contributed by atoms with E-state index in [-0.39, 0.29) is 12.1 Å². The first-order valence-electron chi connectivity index (χ1n) is 4.65. The maximum absolute atomic E-state index is 13.4. The average Bonchev–Trinajstić information content (AvgIpc) is 2.19. The van der Waals surface area contributed by atoms with Gasteiger partial charge in [0.1, 0.15) is 4.90 Å². The number of rotatable bonds is 4. The lowest BCUT2D eigenvalue weighted by Crippen LogP contribution is -2.36.